The first kappa shape index (κ1) is 80.8. The molecule has 0 bridgehead atoms. The third-order valence-corrected chi connectivity index (χ3v) is 24.7. The van der Waals surface area contributed by atoms with Gasteiger partial charge in [-0.25, -0.2) is 0 Å². The van der Waals surface area contributed by atoms with Crippen LogP contribution in [0, 0.1) is 39.4 Å². The summed E-state index contributed by atoms with van der Waals surface area (Å²) in [4.78, 5) is 41.0. The van der Waals surface area contributed by atoms with Gasteiger partial charge in [0.15, 0.2) is 43.3 Å². The predicted molar refractivity (Wildman–Crippen MR) is 342 cm³/mol. The maximum atomic E-state index is 15.1. The quantitative estimate of drug-likeness (QED) is 0.0212. The number of carbonyl (C=O) groups excluding carboxylic acids is 3. The summed E-state index contributed by atoms with van der Waals surface area (Å²) in [5, 5.41) is 166. The monoisotopic (exact) mass is 1480 g/mol. The molecule has 0 aromatic carbocycles. The highest BCUT2D eigenvalue weighted by Gasteiger charge is 2.81. The molecule has 7 saturated heterocycles. The Labute approximate surface area is 595 Å². The standard InChI is InChI=1S/C69H108O34/c1-26(2)12-15-40(93-29(5)74)68(10)57-33(92-28(4)73)20-67(9)31-13-14-38-65(6,7)39(17-18-66(38,8)30(31)16-19-69(57,67)64(87)103-68)98-63-56(44(79)37(25-90-63)97-58-49(84)53(32(75)24-89-58)100-60-47(82)45(80)41(76)34(21-70)94-60)102-59-48(83)46(81)52(27(3)91-59)99-62-51(86)55(43(78)36(23-72)96-62)101-61-50(85)54(88-11)42(77)35(22-71)95-61/h16,27,31-63,70-72,75-86H,1,12-15,17-25H2,2-11H3. The summed E-state index contributed by atoms with van der Waals surface area (Å²) in [6.07, 6.45) is -45.0. The molecule has 3 saturated carbocycles. The van der Waals surface area contributed by atoms with E-state index in [0.717, 1.165) is 11.1 Å². The molecule has 0 aromatic heterocycles. The second-order valence-corrected chi connectivity index (χ2v) is 31.4. The fourth-order valence-electron chi connectivity index (χ4n) is 19.4. The Morgan fingerprint density at radius 3 is 1.75 bits per heavy atom. The lowest BCUT2D eigenvalue weighted by Crippen LogP contribution is -2.67. The van der Waals surface area contributed by atoms with Crippen molar-refractivity contribution in [2.45, 2.75) is 310 Å². The Morgan fingerprint density at radius 1 is 0.583 bits per heavy atom. The molecule has 34 heteroatoms. The van der Waals surface area contributed by atoms with E-state index in [1.54, 1.807) is 6.92 Å². The Kier molecular flexibility index (Phi) is 24.5. The molecule has 0 radical (unpaired) electrons. The summed E-state index contributed by atoms with van der Waals surface area (Å²) < 4.78 is 96.8. The average Bonchev–Trinajstić information content (AvgIpc) is 1.48. The van der Waals surface area contributed by atoms with E-state index in [0.29, 0.717) is 44.9 Å². The predicted octanol–water partition coefficient (Wildman–Crippen LogP) is -4.02. The number of esters is 3. The highest BCUT2D eigenvalue weighted by molar-refractivity contribution is 5.84. The molecule has 103 heavy (non-hydrogen) atoms. The molecule has 1 spiro atoms. The summed E-state index contributed by atoms with van der Waals surface area (Å²) in [6.45, 7) is 16.6. The van der Waals surface area contributed by atoms with Gasteiger partial charge in [0.05, 0.1) is 56.6 Å². The second-order valence-electron chi connectivity index (χ2n) is 31.4. The molecule has 11 rings (SSSR count). The molecule has 7 heterocycles. The Balaban J connectivity index is 0.841. The average molecular weight is 1480 g/mol. The van der Waals surface area contributed by atoms with E-state index < -0.39 is 274 Å². The lowest BCUT2D eigenvalue weighted by atomic mass is 9.41. The van der Waals surface area contributed by atoms with Crippen LogP contribution in [-0.2, 0) is 90.2 Å². The van der Waals surface area contributed by atoms with E-state index in [1.165, 1.54) is 27.9 Å². The molecule has 0 amide bonds. The maximum absolute atomic E-state index is 15.1. The van der Waals surface area contributed by atoms with E-state index in [1.807, 2.05) is 6.92 Å². The first-order valence-corrected chi connectivity index (χ1v) is 35.7. The van der Waals surface area contributed by atoms with Crippen LogP contribution in [-0.4, -0.2) is 331 Å². The Hall–Kier alpha value is -3.23. The van der Waals surface area contributed by atoms with Gasteiger partial charge in [0.2, 0.25) is 0 Å². The van der Waals surface area contributed by atoms with Gasteiger partial charge in [-0.3, -0.25) is 14.4 Å². The lowest BCUT2D eigenvalue weighted by molar-refractivity contribution is -0.394. The Bertz CT molecular complexity index is 3000. The summed E-state index contributed by atoms with van der Waals surface area (Å²) in [5.41, 5.74) is -2.65. The molecule has 7 aliphatic heterocycles. The van der Waals surface area contributed by atoms with Crippen molar-refractivity contribution in [3.8, 4) is 0 Å². The van der Waals surface area contributed by atoms with Crippen molar-refractivity contribution in [2.24, 2.45) is 39.4 Å². The van der Waals surface area contributed by atoms with Crippen molar-refractivity contribution in [1.82, 2.24) is 0 Å². The third kappa shape index (κ3) is 14.4. The SMILES string of the molecule is C=C(C)CCC(OC(C)=O)C1(C)OC(=O)C23CC=C4C(CCC5C4(C)CCC(OC4OCC(OC6OCC(O)C(OC7OC(CO)C(O)C(O)C7O)C6O)C(O)C4OC4OC(C)C(OC6OC(CO)C(O)C(OC7OC(CO)C(O)C(OC)C7O)C6O)C(O)C4O)C5(C)C)C2(C)CC(OC(C)=O)C13. The van der Waals surface area contributed by atoms with Gasteiger partial charge in [-0.1, -0.05) is 44.9 Å². The van der Waals surface area contributed by atoms with Gasteiger partial charge in [-0.05, 0) is 100 Å². The minimum Gasteiger partial charge on any atom is -0.462 e. The molecule has 10 fully saturated rings. The number of rotatable bonds is 22. The number of fused-ring (bicyclic) bond motifs is 4. The minimum atomic E-state index is -2.09. The number of ether oxygens (including phenoxy) is 16. The van der Waals surface area contributed by atoms with Crippen LogP contribution in [0.3, 0.4) is 0 Å². The molecule has 4 aliphatic carbocycles. The van der Waals surface area contributed by atoms with Gasteiger partial charge >= 0.3 is 17.9 Å². The Morgan fingerprint density at radius 2 is 1.14 bits per heavy atom. The number of carbonyl (C=O) groups is 3. The fraction of sp³-hybridized carbons (Fsp3) is 0.899. The molecule has 15 N–H and O–H groups in total. The summed E-state index contributed by atoms with van der Waals surface area (Å²) in [5.74, 6) is -2.54. The molecular weight excluding hydrogens is 1370 g/mol. The zero-order valence-corrected chi connectivity index (χ0v) is 59.6. The van der Waals surface area contributed by atoms with E-state index in [9.17, 15) is 86.2 Å². The molecule has 0 aromatic rings. The number of allylic oxidation sites excluding steroid dienone is 3. The van der Waals surface area contributed by atoms with E-state index in [4.69, 9.17) is 75.8 Å². The number of cyclic esters (lactones) is 1. The van der Waals surface area contributed by atoms with Crippen molar-refractivity contribution in [3.63, 3.8) is 0 Å². The second kappa shape index (κ2) is 31.3. The van der Waals surface area contributed by atoms with Crippen molar-refractivity contribution >= 4 is 17.9 Å². The number of hydrogen-bond donors (Lipinski definition) is 15. The van der Waals surface area contributed by atoms with E-state index in [2.05, 4.69) is 40.3 Å². The van der Waals surface area contributed by atoms with Crippen LogP contribution >= 0.6 is 0 Å². The lowest BCUT2D eigenvalue weighted by Gasteiger charge is -2.63. The van der Waals surface area contributed by atoms with Gasteiger partial charge in [-0.15, -0.1) is 6.58 Å². The normalized spacial score (nSPS) is 50.7. The summed E-state index contributed by atoms with van der Waals surface area (Å²) >= 11 is 0. The number of aliphatic hydroxyl groups excluding tert-OH is 15. The van der Waals surface area contributed by atoms with Crippen LogP contribution in [0.25, 0.3) is 0 Å². The first-order valence-electron chi connectivity index (χ1n) is 35.7. The van der Waals surface area contributed by atoms with Crippen molar-refractivity contribution < 1.29 is 167 Å². The molecule has 38 unspecified atom stereocenters. The van der Waals surface area contributed by atoms with Crippen molar-refractivity contribution in [3.05, 3.63) is 23.8 Å². The fourth-order valence-corrected chi connectivity index (χ4v) is 19.4. The van der Waals surface area contributed by atoms with Gasteiger partial charge in [-0.2, -0.15) is 0 Å². The highest BCUT2D eigenvalue weighted by atomic mass is 16.8. The highest BCUT2D eigenvalue weighted by Crippen LogP contribution is 2.77. The molecule has 34 nitrogen and oxygen atoms in total. The van der Waals surface area contributed by atoms with E-state index in [-0.39, 0.29) is 18.3 Å². The third-order valence-electron chi connectivity index (χ3n) is 24.7. The zero-order valence-electron chi connectivity index (χ0n) is 59.6. The van der Waals surface area contributed by atoms with Crippen molar-refractivity contribution in [2.75, 3.05) is 40.1 Å². The van der Waals surface area contributed by atoms with Crippen LogP contribution < -0.4 is 0 Å². The maximum Gasteiger partial charge on any atom is 0.314 e. The van der Waals surface area contributed by atoms with Crippen LogP contribution in [0.15, 0.2) is 23.8 Å². The minimum absolute atomic E-state index is 0.122. The first-order chi connectivity index (χ1) is 48.5. The molecular formula is C69H108O34. The molecule has 11 aliphatic rings. The van der Waals surface area contributed by atoms with Crippen LogP contribution in [0.1, 0.15) is 114 Å². The topological polar surface area (TPSA) is 502 Å². The largest absolute Gasteiger partial charge is 0.462 e. The van der Waals surface area contributed by atoms with Crippen LogP contribution in [0.4, 0.5) is 0 Å². The van der Waals surface area contributed by atoms with Gasteiger partial charge < -0.3 is 152 Å². The number of aliphatic hydroxyl groups is 15. The van der Waals surface area contributed by atoms with Gasteiger partial charge in [0.1, 0.15) is 140 Å². The van der Waals surface area contributed by atoms with Gasteiger partial charge in [0.25, 0.3) is 0 Å². The molecule has 588 valence electrons. The smallest absolute Gasteiger partial charge is 0.314 e. The molecule has 38 atom stereocenters. The van der Waals surface area contributed by atoms with Gasteiger partial charge in [0, 0.05) is 21.0 Å². The number of hydrogen-bond acceptors (Lipinski definition) is 34. The van der Waals surface area contributed by atoms with Crippen molar-refractivity contribution in [1.29, 1.82) is 0 Å². The van der Waals surface area contributed by atoms with E-state index >= 15 is 4.79 Å². The summed E-state index contributed by atoms with van der Waals surface area (Å²) in [7, 11) is 1.17. The number of methoxy groups -OCH3 is 1. The zero-order chi connectivity index (χ0) is 75.2. The van der Waals surface area contributed by atoms with Crippen LogP contribution in [0.2, 0.25) is 0 Å². The summed E-state index contributed by atoms with van der Waals surface area (Å²) in [6, 6.07) is 0. The van der Waals surface area contributed by atoms with Crippen LogP contribution in [0.5, 0.6) is 0 Å².